The zero-order chi connectivity index (χ0) is 19.4. The summed E-state index contributed by atoms with van der Waals surface area (Å²) in [5, 5.41) is 7.59. The molecule has 2 aromatic rings. The van der Waals surface area contributed by atoms with Crippen molar-refractivity contribution in [1.29, 1.82) is 0 Å². The first kappa shape index (κ1) is 20.3. The molecule has 140 valence electrons. The highest BCUT2D eigenvalue weighted by atomic mass is 35.5. The number of nitrogens with two attached hydrogens (primary N) is 1. The quantitative estimate of drug-likeness (QED) is 0.623. The molecule has 0 spiro atoms. The number of hydrogen-bond donors (Lipinski definition) is 3. The molecule has 11 heteroatoms. The molecule has 1 amide bonds. The Hall–Kier alpha value is -1.98. The number of sulfonamides is 2. The highest BCUT2D eigenvalue weighted by molar-refractivity contribution is 7.89. The third-order valence-corrected chi connectivity index (χ3v) is 6.13. The summed E-state index contributed by atoms with van der Waals surface area (Å²) in [7, 11) is -7.63. The van der Waals surface area contributed by atoms with Gasteiger partial charge >= 0.3 is 0 Å². The van der Waals surface area contributed by atoms with Gasteiger partial charge in [-0.25, -0.2) is 26.7 Å². The van der Waals surface area contributed by atoms with Crippen LogP contribution in [0.4, 0.5) is 5.69 Å². The maximum Gasteiger partial charge on any atom is 0.242 e. The first-order chi connectivity index (χ1) is 12.1. The number of primary sulfonamides is 1. The standard InChI is InChI=1S/C15H16ClN3O5S2/c16-13-3-1-2-4-14(13)26(23,24)18-10-9-15(20)19-11-5-7-12(8-6-11)25(17,21)22/h1-8,18H,9-10H2,(H,19,20)(H2,17,21,22). The lowest BCUT2D eigenvalue weighted by atomic mass is 10.3. The average molecular weight is 418 g/mol. The van der Waals surface area contributed by atoms with Gasteiger partial charge in [-0.05, 0) is 36.4 Å². The van der Waals surface area contributed by atoms with Crippen LogP contribution in [0.5, 0.6) is 0 Å². The fraction of sp³-hybridized carbons (Fsp3) is 0.133. The number of benzene rings is 2. The Morgan fingerprint density at radius 3 is 2.19 bits per heavy atom. The number of amides is 1. The monoisotopic (exact) mass is 417 g/mol. The van der Waals surface area contributed by atoms with Crippen LogP contribution in [0.1, 0.15) is 6.42 Å². The van der Waals surface area contributed by atoms with Crippen molar-refractivity contribution in [2.24, 2.45) is 5.14 Å². The second-order valence-corrected chi connectivity index (χ2v) is 8.90. The van der Waals surface area contributed by atoms with Gasteiger partial charge in [0.25, 0.3) is 0 Å². The molecular weight excluding hydrogens is 402 g/mol. The van der Waals surface area contributed by atoms with E-state index >= 15 is 0 Å². The van der Waals surface area contributed by atoms with E-state index in [0.717, 1.165) is 0 Å². The molecule has 0 fully saturated rings. The molecule has 0 unspecified atom stereocenters. The van der Waals surface area contributed by atoms with E-state index in [-0.39, 0.29) is 27.8 Å². The van der Waals surface area contributed by atoms with Crippen LogP contribution < -0.4 is 15.2 Å². The van der Waals surface area contributed by atoms with Crippen LogP contribution in [0.25, 0.3) is 0 Å². The van der Waals surface area contributed by atoms with Gasteiger partial charge in [-0.15, -0.1) is 0 Å². The molecule has 4 N–H and O–H groups in total. The minimum atomic E-state index is -3.82. The largest absolute Gasteiger partial charge is 0.326 e. The lowest BCUT2D eigenvalue weighted by Crippen LogP contribution is -2.28. The van der Waals surface area contributed by atoms with Crippen LogP contribution in [-0.4, -0.2) is 29.3 Å². The summed E-state index contributed by atoms with van der Waals surface area (Å²) >= 11 is 5.85. The number of anilines is 1. The van der Waals surface area contributed by atoms with Crippen molar-refractivity contribution in [3.8, 4) is 0 Å². The Morgan fingerprint density at radius 2 is 1.62 bits per heavy atom. The summed E-state index contributed by atoms with van der Waals surface area (Å²) in [6, 6.07) is 11.2. The lowest BCUT2D eigenvalue weighted by Gasteiger charge is -2.09. The number of hydrogen-bond acceptors (Lipinski definition) is 5. The summed E-state index contributed by atoms with van der Waals surface area (Å²) in [6.45, 7) is -0.130. The first-order valence-electron chi connectivity index (χ1n) is 7.26. The Bertz CT molecular complexity index is 1010. The van der Waals surface area contributed by atoms with Gasteiger partial charge in [0, 0.05) is 18.7 Å². The zero-order valence-electron chi connectivity index (χ0n) is 13.3. The molecule has 0 bridgehead atoms. The normalized spacial score (nSPS) is 11.9. The smallest absolute Gasteiger partial charge is 0.242 e. The van der Waals surface area contributed by atoms with Gasteiger partial charge in [-0.1, -0.05) is 23.7 Å². The average Bonchev–Trinajstić information content (AvgIpc) is 2.54. The van der Waals surface area contributed by atoms with Crippen molar-refractivity contribution in [2.45, 2.75) is 16.2 Å². The van der Waals surface area contributed by atoms with Crippen LogP contribution in [0.2, 0.25) is 5.02 Å². The summed E-state index contributed by atoms with van der Waals surface area (Å²) in [6.07, 6.45) is -0.124. The molecule has 0 atom stereocenters. The summed E-state index contributed by atoms with van der Waals surface area (Å²) in [4.78, 5) is 11.7. The number of nitrogens with one attached hydrogen (secondary N) is 2. The maximum atomic E-state index is 12.1. The minimum Gasteiger partial charge on any atom is -0.326 e. The second-order valence-electron chi connectivity index (χ2n) is 5.20. The van der Waals surface area contributed by atoms with E-state index in [4.69, 9.17) is 16.7 Å². The molecule has 0 aliphatic rings. The van der Waals surface area contributed by atoms with E-state index in [2.05, 4.69) is 10.0 Å². The van der Waals surface area contributed by atoms with Crippen molar-refractivity contribution in [2.75, 3.05) is 11.9 Å². The molecule has 8 nitrogen and oxygen atoms in total. The fourth-order valence-corrected chi connectivity index (χ4v) is 4.06. The van der Waals surface area contributed by atoms with E-state index in [0.29, 0.717) is 5.69 Å². The number of halogens is 1. The minimum absolute atomic E-state index is 0.0688. The Balaban J connectivity index is 1.90. The van der Waals surface area contributed by atoms with Gasteiger partial charge in [0.15, 0.2) is 0 Å². The van der Waals surface area contributed by atoms with Crippen molar-refractivity contribution in [1.82, 2.24) is 4.72 Å². The van der Waals surface area contributed by atoms with E-state index in [9.17, 15) is 21.6 Å². The van der Waals surface area contributed by atoms with Gasteiger partial charge in [0.05, 0.1) is 9.92 Å². The van der Waals surface area contributed by atoms with E-state index in [1.165, 1.54) is 36.4 Å². The molecule has 0 saturated carbocycles. The van der Waals surface area contributed by atoms with Gasteiger partial charge < -0.3 is 5.32 Å². The van der Waals surface area contributed by atoms with E-state index in [1.807, 2.05) is 0 Å². The fourth-order valence-electron chi connectivity index (χ4n) is 1.99. The van der Waals surface area contributed by atoms with E-state index in [1.54, 1.807) is 12.1 Å². The molecule has 2 rings (SSSR count). The Kier molecular flexibility index (Phi) is 6.37. The van der Waals surface area contributed by atoms with Crippen LogP contribution in [0.3, 0.4) is 0 Å². The lowest BCUT2D eigenvalue weighted by molar-refractivity contribution is -0.116. The van der Waals surface area contributed by atoms with Gasteiger partial charge in [0.1, 0.15) is 4.90 Å². The van der Waals surface area contributed by atoms with Crippen molar-refractivity contribution in [3.05, 3.63) is 53.6 Å². The van der Waals surface area contributed by atoms with Crippen LogP contribution in [-0.2, 0) is 24.8 Å². The van der Waals surface area contributed by atoms with Gasteiger partial charge in [0.2, 0.25) is 26.0 Å². The predicted molar refractivity (Wildman–Crippen MR) is 97.7 cm³/mol. The van der Waals surface area contributed by atoms with Crippen LogP contribution in [0.15, 0.2) is 58.3 Å². The molecule has 0 aliphatic carbocycles. The summed E-state index contributed by atoms with van der Waals surface area (Å²) in [5.41, 5.74) is 0.358. The number of rotatable bonds is 7. The predicted octanol–water partition coefficient (Wildman–Crippen LogP) is 1.29. The highest BCUT2D eigenvalue weighted by Gasteiger charge is 2.17. The van der Waals surface area contributed by atoms with Crippen molar-refractivity contribution >= 4 is 43.2 Å². The van der Waals surface area contributed by atoms with E-state index < -0.39 is 26.0 Å². The molecule has 26 heavy (non-hydrogen) atoms. The first-order valence-corrected chi connectivity index (χ1v) is 10.7. The van der Waals surface area contributed by atoms with Crippen molar-refractivity contribution in [3.63, 3.8) is 0 Å². The SMILES string of the molecule is NS(=O)(=O)c1ccc(NC(=O)CCNS(=O)(=O)c2ccccc2Cl)cc1. The molecule has 0 heterocycles. The van der Waals surface area contributed by atoms with Crippen molar-refractivity contribution < 1.29 is 21.6 Å². The van der Waals surface area contributed by atoms with Crippen LogP contribution >= 0.6 is 11.6 Å². The molecule has 0 radical (unpaired) electrons. The summed E-state index contributed by atoms with van der Waals surface area (Å²) in [5.74, 6) is -0.449. The van der Waals surface area contributed by atoms with Gasteiger partial charge in [-0.2, -0.15) is 0 Å². The highest BCUT2D eigenvalue weighted by Crippen LogP contribution is 2.20. The number of carbonyl (C=O) groups is 1. The number of carbonyl (C=O) groups excluding carboxylic acids is 1. The maximum absolute atomic E-state index is 12.1. The second kappa shape index (κ2) is 8.14. The topological polar surface area (TPSA) is 135 Å². The molecule has 0 aliphatic heterocycles. The molecule has 0 aromatic heterocycles. The molecule has 2 aromatic carbocycles. The zero-order valence-corrected chi connectivity index (χ0v) is 15.7. The van der Waals surface area contributed by atoms with Crippen LogP contribution in [0, 0.1) is 0 Å². The molecular formula is C15H16ClN3O5S2. The third-order valence-electron chi connectivity index (χ3n) is 3.24. The summed E-state index contributed by atoms with van der Waals surface area (Å²) < 4.78 is 48.9. The Labute approximate surface area is 156 Å². The molecule has 0 saturated heterocycles. The van der Waals surface area contributed by atoms with Gasteiger partial charge in [-0.3, -0.25) is 4.79 Å². The third kappa shape index (κ3) is 5.51. The Morgan fingerprint density at radius 1 is 1.00 bits per heavy atom.